The van der Waals surface area contributed by atoms with Gasteiger partial charge in [-0.2, -0.15) is 4.31 Å². The standard InChI is InChI=1S/C12H16Cl2N2O2S.ClH/c1-16(9-5-7-15-8-6-9)19(17,18)12-10(13)3-2-4-11(12)14;/h2-4,9,15H,5-8H2,1H3;1H. The Bertz CT molecular complexity index is 540. The van der Waals surface area contributed by atoms with E-state index in [-0.39, 0.29) is 33.4 Å². The van der Waals surface area contributed by atoms with Crippen LogP contribution in [-0.4, -0.2) is 38.9 Å². The predicted molar refractivity (Wildman–Crippen MR) is 84.6 cm³/mol. The minimum absolute atomic E-state index is 0. The summed E-state index contributed by atoms with van der Waals surface area (Å²) in [5, 5.41) is 3.53. The zero-order valence-electron chi connectivity index (χ0n) is 11.0. The maximum atomic E-state index is 12.6. The average Bonchev–Trinajstić information content (AvgIpc) is 2.38. The first kappa shape index (κ1) is 18.0. The number of rotatable bonds is 3. The topological polar surface area (TPSA) is 49.4 Å². The van der Waals surface area contributed by atoms with E-state index in [0.717, 1.165) is 25.9 Å². The van der Waals surface area contributed by atoms with Gasteiger partial charge >= 0.3 is 0 Å². The lowest BCUT2D eigenvalue weighted by atomic mass is 10.1. The van der Waals surface area contributed by atoms with Crippen LogP contribution in [0.1, 0.15) is 12.8 Å². The summed E-state index contributed by atoms with van der Waals surface area (Å²) in [6.07, 6.45) is 1.58. The zero-order valence-corrected chi connectivity index (χ0v) is 14.1. The van der Waals surface area contributed by atoms with Gasteiger partial charge in [0.2, 0.25) is 10.0 Å². The molecular formula is C12H17Cl3N2O2S. The number of hydrogen-bond acceptors (Lipinski definition) is 3. The summed E-state index contributed by atoms with van der Waals surface area (Å²) in [6.45, 7) is 1.64. The van der Waals surface area contributed by atoms with E-state index in [2.05, 4.69) is 5.32 Å². The second kappa shape index (κ2) is 7.29. The smallest absolute Gasteiger partial charge is 0.246 e. The van der Waals surface area contributed by atoms with Gasteiger partial charge in [0, 0.05) is 13.1 Å². The van der Waals surface area contributed by atoms with E-state index in [1.165, 1.54) is 16.4 Å². The van der Waals surface area contributed by atoms with Gasteiger partial charge in [0.25, 0.3) is 0 Å². The molecule has 1 fully saturated rings. The fraction of sp³-hybridized carbons (Fsp3) is 0.500. The number of piperidine rings is 1. The molecule has 1 aromatic rings. The average molecular weight is 360 g/mol. The highest BCUT2D eigenvalue weighted by atomic mass is 35.5. The number of benzene rings is 1. The van der Waals surface area contributed by atoms with Gasteiger partial charge in [0.05, 0.1) is 10.0 Å². The first-order valence-corrected chi connectivity index (χ1v) is 8.27. The summed E-state index contributed by atoms with van der Waals surface area (Å²) in [4.78, 5) is -0.000587. The Labute approximate surface area is 135 Å². The van der Waals surface area contributed by atoms with Crippen LogP contribution in [-0.2, 0) is 10.0 Å². The van der Waals surface area contributed by atoms with E-state index in [9.17, 15) is 8.42 Å². The summed E-state index contributed by atoms with van der Waals surface area (Å²) in [5.74, 6) is 0. The molecule has 114 valence electrons. The van der Waals surface area contributed by atoms with Gasteiger partial charge in [0.15, 0.2) is 0 Å². The van der Waals surface area contributed by atoms with Crippen LogP contribution in [0.4, 0.5) is 0 Å². The largest absolute Gasteiger partial charge is 0.317 e. The SMILES string of the molecule is CN(C1CCNCC1)S(=O)(=O)c1c(Cl)cccc1Cl.Cl. The van der Waals surface area contributed by atoms with Gasteiger partial charge in [-0.3, -0.25) is 0 Å². The number of nitrogens with zero attached hydrogens (tertiary/aromatic N) is 1. The van der Waals surface area contributed by atoms with Crippen LogP contribution in [0.5, 0.6) is 0 Å². The molecule has 2 rings (SSSR count). The van der Waals surface area contributed by atoms with Gasteiger partial charge < -0.3 is 5.32 Å². The van der Waals surface area contributed by atoms with Crippen molar-refractivity contribution in [2.45, 2.75) is 23.8 Å². The third-order valence-corrected chi connectivity index (χ3v) is 6.25. The first-order valence-electron chi connectivity index (χ1n) is 6.07. The number of sulfonamides is 1. The summed E-state index contributed by atoms with van der Waals surface area (Å²) < 4.78 is 26.6. The Hall–Kier alpha value is -0.0400. The Morgan fingerprint density at radius 3 is 2.20 bits per heavy atom. The van der Waals surface area contributed by atoms with E-state index >= 15 is 0 Å². The number of halogens is 3. The van der Waals surface area contributed by atoms with Crippen LogP contribution >= 0.6 is 35.6 Å². The molecule has 0 unspecified atom stereocenters. The molecule has 0 spiro atoms. The molecule has 20 heavy (non-hydrogen) atoms. The quantitative estimate of drug-likeness (QED) is 0.903. The van der Waals surface area contributed by atoms with E-state index in [1.807, 2.05) is 0 Å². The lowest BCUT2D eigenvalue weighted by Crippen LogP contribution is -2.44. The fourth-order valence-electron chi connectivity index (χ4n) is 2.24. The minimum Gasteiger partial charge on any atom is -0.317 e. The number of nitrogens with one attached hydrogen (secondary N) is 1. The molecular weight excluding hydrogens is 343 g/mol. The van der Waals surface area contributed by atoms with Crippen molar-refractivity contribution >= 4 is 45.6 Å². The molecule has 0 amide bonds. The molecule has 0 radical (unpaired) electrons. The van der Waals surface area contributed by atoms with E-state index in [1.54, 1.807) is 13.1 Å². The molecule has 1 aliphatic rings. The molecule has 0 bridgehead atoms. The highest BCUT2D eigenvalue weighted by molar-refractivity contribution is 7.89. The zero-order chi connectivity index (χ0) is 14.0. The molecule has 1 heterocycles. The summed E-state index contributed by atoms with van der Waals surface area (Å²) in [5.41, 5.74) is 0. The lowest BCUT2D eigenvalue weighted by Gasteiger charge is -2.31. The molecule has 1 saturated heterocycles. The van der Waals surface area contributed by atoms with Crippen molar-refractivity contribution in [3.63, 3.8) is 0 Å². The third kappa shape index (κ3) is 3.59. The van der Waals surface area contributed by atoms with E-state index < -0.39 is 10.0 Å². The Kier molecular flexibility index (Phi) is 6.57. The van der Waals surface area contributed by atoms with E-state index in [0.29, 0.717) is 0 Å². The van der Waals surface area contributed by atoms with Gasteiger partial charge in [0.1, 0.15) is 4.90 Å². The highest BCUT2D eigenvalue weighted by Crippen LogP contribution is 2.32. The maximum Gasteiger partial charge on any atom is 0.246 e. The van der Waals surface area contributed by atoms with Crippen molar-refractivity contribution in [2.75, 3.05) is 20.1 Å². The molecule has 1 N–H and O–H groups in total. The van der Waals surface area contributed by atoms with Crippen molar-refractivity contribution in [3.05, 3.63) is 28.2 Å². The van der Waals surface area contributed by atoms with Crippen LogP contribution in [0.2, 0.25) is 10.0 Å². The Morgan fingerprint density at radius 1 is 1.20 bits per heavy atom. The van der Waals surface area contributed by atoms with Crippen LogP contribution in [0, 0.1) is 0 Å². The second-order valence-corrected chi connectivity index (χ2v) is 7.30. The van der Waals surface area contributed by atoms with Gasteiger partial charge in [-0.15, -0.1) is 12.4 Å². The van der Waals surface area contributed by atoms with Crippen LogP contribution in [0.25, 0.3) is 0 Å². The van der Waals surface area contributed by atoms with E-state index in [4.69, 9.17) is 23.2 Å². The second-order valence-electron chi connectivity index (χ2n) is 4.55. The Morgan fingerprint density at radius 2 is 1.70 bits per heavy atom. The molecule has 0 aromatic heterocycles. The van der Waals surface area contributed by atoms with Crippen molar-refractivity contribution in [1.29, 1.82) is 0 Å². The molecule has 8 heteroatoms. The van der Waals surface area contributed by atoms with Crippen LogP contribution in [0.3, 0.4) is 0 Å². The maximum absolute atomic E-state index is 12.6. The molecule has 4 nitrogen and oxygen atoms in total. The van der Waals surface area contributed by atoms with Gasteiger partial charge in [-0.05, 0) is 38.1 Å². The predicted octanol–water partition coefficient (Wildman–Crippen LogP) is 2.79. The number of hydrogen-bond donors (Lipinski definition) is 1. The van der Waals surface area contributed by atoms with Gasteiger partial charge in [-0.25, -0.2) is 8.42 Å². The molecule has 1 aliphatic heterocycles. The summed E-state index contributed by atoms with van der Waals surface area (Å²) in [7, 11) is -2.07. The fourth-order valence-corrected chi connectivity index (χ4v) is 4.74. The first-order chi connectivity index (χ1) is 8.94. The van der Waals surface area contributed by atoms with Crippen LogP contribution < -0.4 is 5.32 Å². The van der Waals surface area contributed by atoms with Crippen molar-refractivity contribution < 1.29 is 8.42 Å². The minimum atomic E-state index is -3.66. The molecule has 0 saturated carbocycles. The van der Waals surface area contributed by atoms with Crippen LogP contribution in [0.15, 0.2) is 23.1 Å². The Balaban J connectivity index is 0.00000200. The monoisotopic (exact) mass is 358 g/mol. The summed E-state index contributed by atoms with van der Waals surface area (Å²) >= 11 is 12.0. The van der Waals surface area contributed by atoms with Crippen molar-refractivity contribution in [3.8, 4) is 0 Å². The highest BCUT2D eigenvalue weighted by Gasteiger charge is 2.32. The molecule has 0 aliphatic carbocycles. The van der Waals surface area contributed by atoms with Crippen molar-refractivity contribution in [2.24, 2.45) is 0 Å². The molecule has 1 aromatic carbocycles. The third-order valence-electron chi connectivity index (χ3n) is 3.38. The molecule has 0 atom stereocenters. The van der Waals surface area contributed by atoms with Crippen molar-refractivity contribution in [1.82, 2.24) is 9.62 Å². The summed E-state index contributed by atoms with van der Waals surface area (Å²) in [6, 6.07) is 4.69. The van der Waals surface area contributed by atoms with Gasteiger partial charge in [-0.1, -0.05) is 29.3 Å². The lowest BCUT2D eigenvalue weighted by molar-refractivity contribution is 0.296. The normalized spacial score (nSPS) is 17.0.